The van der Waals surface area contributed by atoms with Crippen LogP contribution in [-0.4, -0.2) is 29.5 Å². The quantitative estimate of drug-likeness (QED) is 0.793. The van der Waals surface area contributed by atoms with Crippen LogP contribution in [0.3, 0.4) is 0 Å². The maximum absolute atomic E-state index is 12.5. The summed E-state index contributed by atoms with van der Waals surface area (Å²) in [5, 5.41) is 0.547. The summed E-state index contributed by atoms with van der Waals surface area (Å²) in [5.74, 6) is -1.83. The van der Waals surface area contributed by atoms with Gasteiger partial charge in [0.2, 0.25) is 0 Å². The molecule has 2 heterocycles. The van der Waals surface area contributed by atoms with Gasteiger partial charge in [-0.05, 0) is 24.6 Å². The van der Waals surface area contributed by atoms with E-state index in [0.29, 0.717) is 29.4 Å². The highest BCUT2D eigenvalue weighted by Crippen LogP contribution is 2.35. The molecule has 0 fully saturated rings. The Balaban J connectivity index is 1.58. The smallest absolute Gasteiger partial charge is 0.340 e. The average Bonchev–Trinajstić information content (AvgIpc) is 2.86. The Labute approximate surface area is 137 Å². The van der Waals surface area contributed by atoms with Crippen molar-refractivity contribution < 1.29 is 24.0 Å². The lowest BCUT2D eigenvalue weighted by Crippen LogP contribution is -2.35. The molecule has 0 bridgehead atoms. The van der Waals surface area contributed by atoms with Gasteiger partial charge in [0.05, 0.1) is 23.7 Å². The fraction of sp³-hybridized carbons (Fsp3) is 0.167. The Bertz CT molecular complexity index is 825. The van der Waals surface area contributed by atoms with Crippen LogP contribution < -0.4 is 4.74 Å². The predicted octanol–water partition coefficient (Wildman–Crippen LogP) is 2.31. The first-order valence-corrected chi connectivity index (χ1v) is 7.58. The standard InChI is InChI=1S/C18H13NO5/c20-16-12-6-1-2-7-13(12)17(21)19(16)24-18(22)14-9-10-23-15-8-4-3-5-11(14)15/h1-8,14H,9-10H2. The number of nitrogens with zero attached hydrogens (tertiary/aromatic N) is 1. The fourth-order valence-corrected chi connectivity index (χ4v) is 2.99. The first-order valence-electron chi connectivity index (χ1n) is 7.58. The molecule has 6 heteroatoms. The molecule has 0 N–H and O–H groups in total. The van der Waals surface area contributed by atoms with E-state index < -0.39 is 23.7 Å². The lowest BCUT2D eigenvalue weighted by molar-refractivity contribution is -0.171. The monoisotopic (exact) mass is 323 g/mol. The molecule has 0 saturated carbocycles. The highest BCUT2D eigenvalue weighted by atomic mass is 16.7. The van der Waals surface area contributed by atoms with E-state index in [0.717, 1.165) is 0 Å². The van der Waals surface area contributed by atoms with Crippen molar-refractivity contribution in [3.8, 4) is 5.75 Å². The van der Waals surface area contributed by atoms with Gasteiger partial charge in [-0.1, -0.05) is 35.4 Å². The van der Waals surface area contributed by atoms with E-state index in [4.69, 9.17) is 9.57 Å². The summed E-state index contributed by atoms with van der Waals surface area (Å²) < 4.78 is 5.51. The number of ether oxygens (including phenoxy) is 1. The van der Waals surface area contributed by atoms with Gasteiger partial charge in [0, 0.05) is 5.56 Å². The number of rotatable bonds is 2. The summed E-state index contributed by atoms with van der Waals surface area (Å²) in [7, 11) is 0. The third kappa shape index (κ3) is 2.15. The predicted molar refractivity (Wildman–Crippen MR) is 82.3 cm³/mol. The normalized spacial score (nSPS) is 18.7. The Kier molecular flexibility index (Phi) is 3.30. The number of fused-ring (bicyclic) bond motifs is 2. The number of carbonyl (C=O) groups excluding carboxylic acids is 3. The Morgan fingerprint density at radius 3 is 2.33 bits per heavy atom. The number of amides is 2. The molecule has 24 heavy (non-hydrogen) atoms. The van der Waals surface area contributed by atoms with Crippen LogP contribution in [0.15, 0.2) is 48.5 Å². The minimum atomic E-state index is -0.639. The number of hydrogen-bond donors (Lipinski definition) is 0. The Morgan fingerprint density at radius 1 is 1.00 bits per heavy atom. The van der Waals surface area contributed by atoms with Crippen molar-refractivity contribution in [2.45, 2.75) is 12.3 Å². The number of benzene rings is 2. The van der Waals surface area contributed by atoms with E-state index in [1.807, 2.05) is 6.07 Å². The number of para-hydroxylation sites is 1. The van der Waals surface area contributed by atoms with Crippen LogP contribution in [0.1, 0.15) is 38.6 Å². The highest BCUT2D eigenvalue weighted by Gasteiger charge is 2.40. The molecular weight excluding hydrogens is 310 g/mol. The second kappa shape index (κ2) is 5.49. The maximum Gasteiger partial charge on any atom is 0.340 e. The van der Waals surface area contributed by atoms with Crippen molar-refractivity contribution in [2.75, 3.05) is 6.61 Å². The SMILES string of the molecule is O=C(ON1C(=O)c2ccccc2C1=O)C1CCOc2ccccc21. The summed E-state index contributed by atoms with van der Waals surface area (Å²) in [5.41, 5.74) is 1.18. The molecule has 0 spiro atoms. The minimum absolute atomic E-state index is 0.239. The third-order valence-corrected chi connectivity index (χ3v) is 4.18. The molecule has 2 aromatic carbocycles. The maximum atomic E-state index is 12.5. The molecule has 0 aromatic heterocycles. The lowest BCUT2D eigenvalue weighted by Gasteiger charge is -2.25. The highest BCUT2D eigenvalue weighted by molar-refractivity contribution is 6.20. The van der Waals surface area contributed by atoms with Crippen molar-refractivity contribution in [3.63, 3.8) is 0 Å². The van der Waals surface area contributed by atoms with Crippen LogP contribution in [0.25, 0.3) is 0 Å². The van der Waals surface area contributed by atoms with Gasteiger partial charge in [0.15, 0.2) is 0 Å². The summed E-state index contributed by atoms with van der Waals surface area (Å²) in [6.07, 6.45) is 0.430. The van der Waals surface area contributed by atoms with Crippen LogP contribution in [0, 0.1) is 0 Å². The van der Waals surface area contributed by atoms with Crippen molar-refractivity contribution in [1.82, 2.24) is 5.06 Å². The van der Waals surface area contributed by atoms with E-state index in [1.54, 1.807) is 30.3 Å². The van der Waals surface area contributed by atoms with E-state index in [-0.39, 0.29) is 11.1 Å². The van der Waals surface area contributed by atoms with Gasteiger partial charge in [-0.2, -0.15) is 0 Å². The molecule has 0 radical (unpaired) electrons. The van der Waals surface area contributed by atoms with Crippen molar-refractivity contribution >= 4 is 17.8 Å². The zero-order chi connectivity index (χ0) is 16.7. The van der Waals surface area contributed by atoms with Crippen LogP contribution in [0.2, 0.25) is 0 Å². The summed E-state index contributed by atoms with van der Waals surface area (Å²) in [6, 6.07) is 13.6. The molecule has 0 aliphatic carbocycles. The van der Waals surface area contributed by atoms with Gasteiger partial charge in [-0.15, -0.1) is 0 Å². The zero-order valence-electron chi connectivity index (χ0n) is 12.6. The molecule has 120 valence electrons. The molecule has 2 amide bonds. The van der Waals surface area contributed by atoms with Crippen molar-refractivity contribution in [3.05, 3.63) is 65.2 Å². The average molecular weight is 323 g/mol. The van der Waals surface area contributed by atoms with Gasteiger partial charge in [0.25, 0.3) is 11.8 Å². The largest absolute Gasteiger partial charge is 0.493 e. The van der Waals surface area contributed by atoms with Crippen molar-refractivity contribution in [2.24, 2.45) is 0 Å². The summed E-state index contributed by atoms with van der Waals surface area (Å²) >= 11 is 0. The lowest BCUT2D eigenvalue weighted by atomic mass is 9.93. The Morgan fingerprint density at radius 2 is 1.62 bits per heavy atom. The second-order valence-electron chi connectivity index (χ2n) is 5.59. The van der Waals surface area contributed by atoms with E-state index in [9.17, 15) is 14.4 Å². The van der Waals surface area contributed by atoms with Gasteiger partial charge in [-0.3, -0.25) is 9.59 Å². The van der Waals surface area contributed by atoms with Gasteiger partial charge in [-0.25, -0.2) is 4.79 Å². The number of hydroxylamine groups is 2. The first-order chi connectivity index (χ1) is 11.7. The van der Waals surface area contributed by atoms with Crippen molar-refractivity contribution in [1.29, 1.82) is 0 Å². The Hall–Kier alpha value is -3.15. The molecule has 2 aromatic rings. The molecule has 0 saturated heterocycles. The number of imide groups is 1. The summed E-state index contributed by atoms with van der Waals surface area (Å²) in [6.45, 7) is 0.374. The molecule has 4 rings (SSSR count). The molecule has 2 aliphatic rings. The third-order valence-electron chi connectivity index (χ3n) is 4.18. The minimum Gasteiger partial charge on any atom is -0.493 e. The molecule has 2 aliphatic heterocycles. The van der Waals surface area contributed by atoms with Crippen LogP contribution in [-0.2, 0) is 9.63 Å². The van der Waals surface area contributed by atoms with Gasteiger partial charge >= 0.3 is 5.97 Å². The van der Waals surface area contributed by atoms with Crippen LogP contribution in [0.5, 0.6) is 5.75 Å². The van der Waals surface area contributed by atoms with E-state index >= 15 is 0 Å². The fourth-order valence-electron chi connectivity index (χ4n) is 2.99. The molecular formula is C18H13NO5. The van der Waals surface area contributed by atoms with Crippen LogP contribution >= 0.6 is 0 Å². The van der Waals surface area contributed by atoms with Crippen LogP contribution in [0.4, 0.5) is 0 Å². The molecule has 1 atom stereocenters. The van der Waals surface area contributed by atoms with Gasteiger partial charge in [0.1, 0.15) is 5.75 Å². The number of carbonyl (C=O) groups is 3. The topological polar surface area (TPSA) is 72.9 Å². The van der Waals surface area contributed by atoms with E-state index in [2.05, 4.69) is 0 Å². The summed E-state index contributed by atoms with van der Waals surface area (Å²) in [4.78, 5) is 42.2. The molecule has 6 nitrogen and oxygen atoms in total. The first kappa shape index (κ1) is 14.4. The zero-order valence-corrected chi connectivity index (χ0v) is 12.6. The second-order valence-corrected chi connectivity index (χ2v) is 5.59. The van der Waals surface area contributed by atoms with E-state index in [1.165, 1.54) is 12.1 Å². The molecule has 1 unspecified atom stereocenters. The number of hydrogen-bond acceptors (Lipinski definition) is 5. The van der Waals surface area contributed by atoms with Gasteiger partial charge < -0.3 is 9.57 Å².